The van der Waals surface area contributed by atoms with Crippen molar-refractivity contribution in [2.75, 3.05) is 0 Å². The Kier molecular flexibility index (Phi) is 3.30. The molecule has 1 heterocycles. The monoisotopic (exact) mass is 184 g/mol. The van der Waals surface area contributed by atoms with Gasteiger partial charge in [0.15, 0.2) is 11.4 Å². The summed E-state index contributed by atoms with van der Waals surface area (Å²) in [4.78, 5) is 3.82. The van der Waals surface area contributed by atoms with Crippen molar-refractivity contribution in [3.8, 4) is 24.0 Å². The first-order chi connectivity index (χ1) is 6.83. The van der Waals surface area contributed by atoms with E-state index >= 15 is 0 Å². The van der Waals surface area contributed by atoms with Crippen LogP contribution in [0.3, 0.4) is 0 Å². The molecule has 0 aromatic carbocycles. The summed E-state index contributed by atoms with van der Waals surface area (Å²) >= 11 is 0. The highest BCUT2D eigenvalue weighted by atomic mass is 15.1. The topological polar surface area (TPSA) is 65.4 Å². The Morgan fingerprint density at radius 3 is 2.79 bits per heavy atom. The molecule has 0 spiro atoms. The molecule has 0 unspecified atom stereocenters. The zero-order chi connectivity index (χ0) is 10.4. The highest BCUT2D eigenvalue weighted by molar-refractivity contribution is 5.36. The Labute approximate surface area is 82.4 Å². The smallest absolute Gasteiger partial charge is 0.176 e. The minimum absolute atomic E-state index is 0.178. The van der Waals surface area contributed by atoms with E-state index in [2.05, 4.69) is 16.8 Å². The molecule has 0 fully saturated rings. The summed E-state index contributed by atoms with van der Waals surface area (Å²) in [6, 6.07) is 3.82. The van der Waals surface area contributed by atoms with Crippen LogP contribution >= 0.6 is 0 Å². The summed E-state index contributed by atoms with van der Waals surface area (Å²) in [5.41, 5.74) is 0.488. The number of aromatic nitrogens is 2. The third kappa shape index (κ3) is 1.91. The van der Waals surface area contributed by atoms with E-state index in [4.69, 9.17) is 10.5 Å². The Hall–Kier alpha value is -2.25. The van der Waals surface area contributed by atoms with Crippen LogP contribution in [0.1, 0.15) is 24.7 Å². The second-order valence-electron chi connectivity index (χ2n) is 2.54. The van der Waals surface area contributed by atoms with Gasteiger partial charge in [-0.15, -0.1) is 11.8 Å². The number of imidazole rings is 1. The van der Waals surface area contributed by atoms with Gasteiger partial charge in [-0.05, 0) is 6.92 Å². The third-order valence-corrected chi connectivity index (χ3v) is 1.70. The van der Waals surface area contributed by atoms with Crippen LogP contribution in [-0.4, -0.2) is 9.55 Å². The highest BCUT2D eigenvalue weighted by Crippen LogP contribution is 2.05. The van der Waals surface area contributed by atoms with Crippen molar-refractivity contribution in [3.05, 3.63) is 17.7 Å². The molecule has 0 bridgehead atoms. The maximum absolute atomic E-state index is 8.78. The van der Waals surface area contributed by atoms with E-state index in [-0.39, 0.29) is 5.69 Å². The molecule has 4 nitrogen and oxygen atoms in total. The van der Waals surface area contributed by atoms with Gasteiger partial charge in [-0.3, -0.25) is 0 Å². The van der Waals surface area contributed by atoms with E-state index in [0.717, 1.165) is 0 Å². The Balaban J connectivity index is 2.88. The number of rotatable bonds is 2. The van der Waals surface area contributed by atoms with Crippen molar-refractivity contribution in [1.82, 2.24) is 9.55 Å². The molecule has 0 radical (unpaired) electrons. The van der Waals surface area contributed by atoms with Gasteiger partial charge in [-0.2, -0.15) is 10.5 Å². The van der Waals surface area contributed by atoms with Gasteiger partial charge in [-0.1, -0.05) is 0 Å². The minimum atomic E-state index is 0.178. The summed E-state index contributed by atoms with van der Waals surface area (Å²) in [6.07, 6.45) is 2.15. The molecule has 1 rings (SSSR count). The predicted molar refractivity (Wildman–Crippen MR) is 49.7 cm³/mol. The summed E-state index contributed by atoms with van der Waals surface area (Å²) in [5.74, 6) is 5.65. The molecular formula is C10H8N4. The molecule has 0 aliphatic heterocycles. The van der Waals surface area contributed by atoms with E-state index in [9.17, 15) is 0 Å². The van der Waals surface area contributed by atoms with Gasteiger partial charge in [0.2, 0.25) is 0 Å². The van der Waals surface area contributed by atoms with Gasteiger partial charge in [0.05, 0.1) is 6.33 Å². The first kappa shape index (κ1) is 9.84. The lowest BCUT2D eigenvalue weighted by Gasteiger charge is -1.97. The van der Waals surface area contributed by atoms with E-state index < -0.39 is 0 Å². The molecule has 0 aliphatic carbocycles. The van der Waals surface area contributed by atoms with Crippen molar-refractivity contribution in [3.63, 3.8) is 0 Å². The van der Waals surface area contributed by atoms with Gasteiger partial charge < -0.3 is 4.57 Å². The molecule has 0 aliphatic rings. The molecule has 0 saturated carbocycles. The summed E-state index contributed by atoms with van der Waals surface area (Å²) in [6.45, 7) is 2.36. The molecule has 0 atom stereocenters. The second kappa shape index (κ2) is 4.70. The van der Waals surface area contributed by atoms with Crippen molar-refractivity contribution >= 4 is 0 Å². The van der Waals surface area contributed by atoms with Gasteiger partial charge >= 0.3 is 0 Å². The molecule has 1 aromatic heterocycles. The normalized spacial score (nSPS) is 8.21. The van der Waals surface area contributed by atoms with Crippen molar-refractivity contribution < 1.29 is 0 Å². The van der Waals surface area contributed by atoms with Gasteiger partial charge in [0.25, 0.3) is 0 Å². The molecule has 0 amide bonds. The van der Waals surface area contributed by atoms with Crippen LogP contribution in [-0.2, 0) is 6.54 Å². The van der Waals surface area contributed by atoms with Crippen LogP contribution in [0, 0.1) is 34.5 Å². The van der Waals surface area contributed by atoms with Crippen LogP contribution in [0.15, 0.2) is 6.33 Å². The number of hydrogen-bond donors (Lipinski definition) is 0. The van der Waals surface area contributed by atoms with Crippen LogP contribution in [0.5, 0.6) is 0 Å². The molecule has 0 N–H and O–H groups in total. The lowest BCUT2D eigenvalue weighted by molar-refractivity contribution is 0.709. The SMILES string of the molecule is CC#CCCn1cnc(C#N)c1C#N. The Morgan fingerprint density at radius 1 is 1.43 bits per heavy atom. The van der Waals surface area contributed by atoms with Gasteiger partial charge in [0, 0.05) is 13.0 Å². The maximum atomic E-state index is 8.78. The minimum Gasteiger partial charge on any atom is -0.320 e. The largest absolute Gasteiger partial charge is 0.320 e. The fraction of sp³-hybridized carbons (Fsp3) is 0.300. The molecule has 1 aromatic rings. The fourth-order valence-electron chi connectivity index (χ4n) is 1.05. The van der Waals surface area contributed by atoms with E-state index in [1.165, 1.54) is 6.33 Å². The average molecular weight is 184 g/mol. The number of nitriles is 2. The van der Waals surface area contributed by atoms with Crippen molar-refractivity contribution in [2.24, 2.45) is 0 Å². The van der Waals surface area contributed by atoms with Gasteiger partial charge in [-0.25, -0.2) is 4.98 Å². The van der Waals surface area contributed by atoms with Crippen LogP contribution in [0.25, 0.3) is 0 Å². The molecule has 14 heavy (non-hydrogen) atoms. The van der Waals surface area contributed by atoms with Crippen molar-refractivity contribution in [1.29, 1.82) is 10.5 Å². The molecule has 0 saturated heterocycles. The molecule has 68 valence electrons. The summed E-state index contributed by atoms with van der Waals surface area (Å²) < 4.78 is 1.64. The number of nitrogens with zero attached hydrogens (tertiary/aromatic N) is 4. The molecular weight excluding hydrogens is 176 g/mol. The Bertz CT molecular complexity index is 459. The number of aryl methyl sites for hydroxylation is 1. The average Bonchev–Trinajstić information content (AvgIpc) is 2.60. The summed E-state index contributed by atoms with van der Waals surface area (Å²) in [7, 11) is 0. The molecule has 4 heteroatoms. The standard InChI is InChI=1S/C10H8N4/c1-2-3-4-5-14-8-13-9(6-11)10(14)7-12/h8H,4-5H2,1H3. The zero-order valence-electron chi connectivity index (χ0n) is 7.78. The van der Waals surface area contributed by atoms with E-state index in [1.807, 2.05) is 12.1 Å². The zero-order valence-corrected chi connectivity index (χ0v) is 7.78. The first-order valence-corrected chi connectivity index (χ1v) is 4.08. The Morgan fingerprint density at radius 2 is 2.21 bits per heavy atom. The second-order valence-corrected chi connectivity index (χ2v) is 2.54. The first-order valence-electron chi connectivity index (χ1n) is 4.08. The van der Waals surface area contributed by atoms with Crippen LogP contribution in [0.2, 0.25) is 0 Å². The lowest BCUT2D eigenvalue weighted by Crippen LogP contribution is -1.99. The van der Waals surface area contributed by atoms with Crippen LogP contribution < -0.4 is 0 Å². The van der Waals surface area contributed by atoms with E-state index in [1.54, 1.807) is 11.5 Å². The summed E-state index contributed by atoms with van der Waals surface area (Å²) in [5, 5.41) is 17.4. The highest BCUT2D eigenvalue weighted by Gasteiger charge is 2.08. The van der Waals surface area contributed by atoms with Crippen molar-refractivity contribution in [2.45, 2.75) is 19.9 Å². The number of hydrogen-bond acceptors (Lipinski definition) is 3. The predicted octanol–water partition coefficient (Wildman–Crippen LogP) is 1.04. The fourth-order valence-corrected chi connectivity index (χ4v) is 1.05. The maximum Gasteiger partial charge on any atom is 0.176 e. The van der Waals surface area contributed by atoms with Gasteiger partial charge in [0.1, 0.15) is 12.1 Å². The quantitative estimate of drug-likeness (QED) is 0.645. The van der Waals surface area contributed by atoms with Crippen LogP contribution in [0.4, 0.5) is 0 Å². The third-order valence-electron chi connectivity index (χ3n) is 1.70. The van der Waals surface area contributed by atoms with E-state index in [0.29, 0.717) is 18.7 Å². The lowest BCUT2D eigenvalue weighted by atomic mass is 10.3.